The standard InChI is InChI=1S/C24H30N4O/c1-18-7-6-8-19(15-18)17-25-22-24(16-20-9-4-5-10-21(20)26-22)11-13-28(14-12-24)23(29)27(2)3/h4-10,15H,11-14,16-17H2,1-3H3,(H,25,26). The van der Waals surface area contributed by atoms with Gasteiger partial charge in [0, 0.05) is 38.3 Å². The predicted molar refractivity (Wildman–Crippen MR) is 118 cm³/mol. The van der Waals surface area contributed by atoms with Crippen molar-refractivity contribution in [3.8, 4) is 0 Å². The van der Waals surface area contributed by atoms with Crippen LogP contribution in [0, 0.1) is 12.3 Å². The average molecular weight is 391 g/mol. The van der Waals surface area contributed by atoms with Crippen LogP contribution in [0.25, 0.3) is 0 Å². The Morgan fingerprint density at radius 2 is 1.90 bits per heavy atom. The fraction of sp³-hybridized carbons (Fsp3) is 0.417. The van der Waals surface area contributed by atoms with Gasteiger partial charge in [-0.1, -0.05) is 48.0 Å². The molecule has 2 amide bonds. The molecule has 2 heterocycles. The summed E-state index contributed by atoms with van der Waals surface area (Å²) in [6.45, 7) is 4.33. The molecule has 1 N–H and O–H groups in total. The third-order valence-corrected chi connectivity index (χ3v) is 6.18. The van der Waals surface area contributed by atoms with Crippen molar-refractivity contribution >= 4 is 17.6 Å². The number of carbonyl (C=O) groups excluding carboxylic acids is 1. The molecule has 29 heavy (non-hydrogen) atoms. The lowest BCUT2D eigenvalue weighted by molar-refractivity contribution is 0.133. The van der Waals surface area contributed by atoms with E-state index in [0.717, 1.165) is 43.9 Å². The lowest BCUT2D eigenvalue weighted by atomic mass is 9.70. The molecule has 0 saturated carbocycles. The number of hydrogen-bond acceptors (Lipinski definition) is 2. The number of piperidine rings is 1. The number of rotatable bonds is 2. The summed E-state index contributed by atoms with van der Waals surface area (Å²) < 4.78 is 0. The van der Waals surface area contributed by atoms with Crippen molar-refractivity contribution in [1.82, 2.24) is 9.80 Å². The molecule has 2 aromatic carbocycles. The summed E-state index contributed by atoms with van der Waals surface area (Å²) >= 11 is 0. The number of hydrogen-bond donors (Lipinski definition) is 1. The van der Waals surface area contributed by atoms with Crippen molar-refractivity contribution in [3.05, 3.63) is 65.2 Å². The Morgan fingerprint density at radius 3 is 2.62 bits per heavy atom. The third-order valence-electron chi connectivity index (χ3n) is 6.18. The number of aliphatic imine (C=N–C) groups is 1. The van der Waals surface area contributed by atoms with Gasteiger partial charge in [-0.05, 0) is 43.4 Å². The number of anilines is 1. The molecule has 1 saturated heterocycles. The second-order valence-electron chi connectivity index (χ2n) is 8.56. The Hall–Kier alpha value is -2.82. The number of amidine groups is 1. The number of fused-ring (bicyclic) bond motifs is 1. The minimum atomic E-state index is -0.0265. The van der Waals surface area contributed by atoms with E-state index in [1.54, 1.807) is 4.90 Å². The van der Waals surface area contributed by atoms with Gasteiger partial charge in [0.2, 0.25) is 0 Å². The first-order chi connectivity index (χ1) is 14.0. The topological polar surface area (TPSA) is 47.9 Å². The average Bonchev–Trinajstić information content (AvgIpc) is 2.72. The second-order valence-corrected chi connectivity index (χ2v) is 8.56. The maximum atomic E-state index is 12.4. The van der Waals surface area contributed by atoms with Crippen LogP contribution in [0.1, 0.15) is 29.5 Å². The molecule has 5 nitrogen and oxygen atoms in total. The van der Waals surface area contributed by atoms with Crippen molar-refractivity contribution in [2.45, 2.75) is 32.7 Å². The van der Waals surface area contributed by atoms with E-state index in [9.17, 15) is 4.79 Å². The first kappa shape index (κ1) is 19.5. The summed E-state index contributed by atoms with van der Waals surface area (Å²) in [5, 5.41) is 3.65. The normalized spacial score (nSPS) is 19.0. The lowest BCUT2D eigenvalue weighted by Gasteiger charge is -2.46. The highest BCUT2D eigenvalue weighted by molar-refractivity contribution is 6.02. The number of urea groups is 1. The van der Waals surface area contributed by atoms with Crippen LogP contribution in [-0.2, 0) is 13.0 Å². The zero-order chi connectivity index (χ0) is 20.4. The van der Waals surface area contributed by atoms with Crippen LogP contribution in [0.2, 0.25) is 0 Å². The van der Waals surface area contributed by atoms with Gasteiger partial charge in [0.1, 0.15) is 5.84 Å². The molecule has 0 aliphatic carbocycles. The fourth-order valence-electron chi connectivity index (χ4n) is 4.52. The van der Waals surface area contributed by atoms with Gasteiger partial charge < -0.3 is 15.1 Å². The summed E-state index contributed by atoms with van der Waals surface area (Å²) in [5.74, 6) is 1.08. The minimum Gasteiger partial charge on any atom is -0.343 e. The highest BCUT2D eigenvalue weighted by Gasteiger charge is 2.43. The fourth-order valence-corrected chi connectivity index (χ4v) is 4.52. The summed E-state index contributed by atoms with van der Waals surface area (Å²) in [6, 6.07) is 17.2. The van der Waals surface area contributed by atoms with E-state index in [4.69, 9.17) is 4.99 Å². The largest absolute Gasteiger partial charge is 0.343 e. The molecular formula is C24H30N4O. The summed E-state index contributed by atoms with van der Waals surface area (Å²) in [7, 11) is 3.64. The number of benzene rings is 2. The highest BCUT2D eigenvalue weighted by atomic mass is 16.2. The van der Waals surface area contributed by atoms with Crippen LogP contribution in [0.15, 0.2) is 53.5 Å². The zero-order valence-corrected chi connectivity index (χ0v) is 17.6. The smallest absolute Gasteiger partial charge is 0.319 e. The molecule has 2 aliphatic rings. The minimum absolute atomic E-state index is 0.0265. The highest BCUT2D eigenvalue weighted by Crippen LogP contribution is 2.42. The van der Waals surface area contributed by atoms with Crippen molar-refractivity contribution in [2.24, 2.45) is 10.4 Å². The van der Waals surface area contributed by atoms with Crippen LogP contribution >= 0.6 is 0 Å². The molecule has 0 unspecified atom stereocenters. The Balaban J connectivity index is 1.61. The zero-order valence-electron chi connectivity index (χ0n) is 17.6. The number of carbonyl (C=O) groups is 1. The quantitative estimate of drug-likeness (QED) is 0.830. The maximum Gasteiger partial charge on any atom is 0.319 e. The summed E-state index contributed by atoms with van der Waals surface area (Å²) in [4.78, 5) is 21.1. The van der Waals surface area contributed by atoms with E-state index < -0.39 is 0 Å². The van der Waals surface area contributed by atoms with E-state index in [2.05, 4.69) is 60.8 Å². The monoisotopic (exact) mass is 390 g/mol. The molecule has 0 bridgehead atoms. The van der Waals surface area contributed by atoms with E-state index in [0.29, 0.717) is 6.54 Å². The van der Waals surface area contributed by atoms with Gasteiger partial charge in [-0.15, -0.1) is 0 Å². The molecule has 0 radical (unpaired) electrons. The lowest BCUT2D eigenvalue weighted by Crippen LogP contribution is -2.52. The number of nitrogens with zero attached hydrogens (tertiary/aromatic N) is 3. The van der Waals surface area contributed by atoms with Crippen molar-refractivity contribution in [2.75, 3.05) is 32.5 Å². The Bertz CT molecular complexity index is 926. The summed E-state index contributed by atoms with van der Waals surface area (Å²) in [5.41, 5.74) is 4.96. The van der Waals surface area contributed by atoms with E-state index in [1.807, 2.05) is 19.0 Å². The van der Waals surface area contributed by atoms with Crippen molar-refractivity contribution in [3.63, 3.8) is 0 Å². The van der Waals surface area contributed by atoms with Gasteiger partial charge in [-0.3, -0.25) is 4.99 Å². The molecule has 1 fully saturated rings. The van der Waals surface area contributed by atoms with Gasteiger partial charge >= 0.3 is 6.03 Å². The molecule has 2 aromatic rings. The number of nitrogens with one attached hydrogen (secondary N) is 1. The first-order valence-corrected chi connectivity index (χ1v) is 10.4. The van der Waals surface area contributed by atoms with E-state index in [1.165, 1.54) is 16.7 Å². The molecular weight excluding hydrogens is 360 g/mol. The van der Waals surface area contributed by atoms with Gasteiger partial charge in [-0.25, -0.2) is 4.79 Å². The predicted octanol–water partition coefficient (Wildman–Crippen LogP) is 4.33. The van der Waals surface area contributed by atoms with Crippen LogP contribution in [0.5, 0.6) is 0 Å². The van der Waals surface area contributed by atoms with Crippen molar-refractivity contribution in [1.29, 1.82) is 0 Å². The molecule has 0 atom stereocenters. The first-order valence-electron chi connectivity index (χ1n) is 10.4. The Kier molecular flexibility index (Phi) is 5.31. The van der Waals surface area contributed by atoms with E-state index in [-0.39, 0.29) is 11.4 Å². The van der Waals surface area contributed by atoms with Gasteiger partial charge in [0.25, 0.3) is 0 Å². The molecule has 152 valence electrons. The van der Waals surface area contributed by atoms with Gasteiger partial charge in [-0.2, -0.15) is 0 Å². The molecule has 5 heteroatoms. The van der Waals surface area contributed by atoms with Crippen LogP contribution < -0.4 is 5.32 Å². The van der Waals surface area contributed by atoms with Gasteiger partial charge in [0.15, 0.2) is 0 Å². The molecule has 4 rings (SSSR count). The van der Waals surface area contributed by atoms with Crippen LogP contribution in [0.3, 0.4) is 0 Å². The SMILES string of the molecule is Cc1cccc(CN=C2Nc3ccccc3CC23CCN(C(=O)N(C)C)CC3)c1. The van der Waals surface area contributed by atoms with E-state index >= 15 is 0 Å². The molecule has 1 spiro atoms. The van der Waals surface area contributed by atoms with Crippen LogP contribution in [0.4, 0.5) is 10.5 Å². The molecule has 2 aliphatic heterocycles. The Labute approximate surface area is 173 Å². The summed E-state index contributed by atoms with van der Waals surface area (Å²) in [6.07, 6.45) is 2.84. The maximum absolute atomic E-state index is 12.4. The van der Waals surface area contributed by atoms with Gasteiger partial charge in [0.05, 0.1) is 6.54 Å². The molecule has 0 aromatic heterocycles. The van der Waals surface area contributed by atoms with Crippen molar-refractivity contribution < 1.29 is 4.79 Å². The number of para-hydroxylation sites is 1. The Morgan fingerprint density at radius 1 is 1.14 bits per heavy atom. The number of amides is 2. The van der Waals surface area contributed by atoms with Crippen LogP contribution in [-0.4, -0.2) is 48.9 Å². The number of likely N-dealkylation sites (tertiary alicyclic amines) is 1. The second kappa shape index (κ2) is 7.90. The number of aryl methyl sites for hydroxylation is 1. The third kappa shape index (κ3) is 4.00.